The van der Waals surface area contributed by atoms with Crippen LogP contribution in [0, 0.1) is 6.92 Å². The molecule has 0 bridgehead atoms. The van der Waals surface area contributed by atoms with Crippen LogP contribution < -0.4 is 4.74 Å². The smallest absolute Gasteiger partial charge is 0.364 e. The second-order valence-corrected chi connectivity index (χ2v) is 7.82. The number of halogens is 3. The van der Waals surface area contributed by atoms with Crippen LogP contribution in [0.3, 0.4) is 0 Å². The van der Waals surface area contributed by atoms with E-state index in [1.54, 1.807) is 59.3 Å². The van der Waals surface area contributed by atoms with E-state index < -0.39 is 5.97 Å². The summed E-state index contributed by atoms with van der Waals surface area (Å²) >= 11 is 18.5. The number of esters is 1. The summed E-state index contributed by atoms with van der Waals surface area (Å²) in [4.78, 5) is 12.9. The van der Waals surface area contributed by atoms with Gasteiger partial charge in [0.1, 0.15) is 5.75 Å². The van der Waals surface area contributed by atoms with Crippen molar-refractivity contribution in [1.29, 1.82) is 0 Å². The standard InChI is InChI=1S/C23H15Cl3N2O2/c1-14-21(23(29)30-18-5-3-2-4-6-18)27-28(20-12-11-17(25)13-19(20)26)22(14)15-7-9-16(24)10-8-15/h2-13H,1H3. The Morgan fingerprint density at radius 2 is 1.57 bits per heavy atom. The quantitative estimate of drug-likeness (QED) is 0.244. The lowest BCUT2D eigenvalue weighted by atomic mass is 10.1. The Morgan fingerprint density at radius 3 is 2.23 bits per heavy atom. The van der Waals surface area contributed by atoms with E-state index in [0.717, 1.165) is 5.56 Å². The lowest BCUT2D eigenvalue weighted by molar-refractivity contribution is 0.0727. The number of rotatable bonds is 4. The molecule has 4 nitrogen and oxygen atoms in total. The maximum atomic E-state index is 12.9. The second-order valence-electron chi connectivity index (χ2n) is 6.54. The number of aromatic nitrogens is 2. The molecule has 1 heterocycles. The van der Waals surface area contributed by atoms with E-state index in [-0.39, 0.29) is 5.69 Å². The SMILES string of the molecule is Cc1c(C(=O)Oc2ccccc2)nn(-c2ccc(Cl)cc2Cl)c1-c1ccc(Cl)cc1. The zero-order chi connectivity index (χ0) is 21.3. The van der Waals surface area contributed by atoms with Crippen LogP contribution in [0.5, 0.6) is 5.75 Å². The molecule has 0 radical (unpaired) electrons. The Hall–Kier alpha value is -2.79. The number of hydrogen-bond donors (Lipinski definition) is 0. The Kier molecular flexibility index (Phi) is 5.82. The molecular weight excluding hydrogens is 443 g/mol. The van der Waals surface area contributed by atoms with Crippen LogP contribution in [0.4, 0.5) is 0 Å². The predicted octanol–water partition coefficient (Wildman–Crippen LogP) is 7.03. The van der Waals surface area contributed by atoms with E-state index in [2.05, 4.69) is 5.10 Å². The summed E-state index contributed by atoms with van der Waals surface area (Å²) in [5, 5.41) is 6.06. The fourth-order valence-corrected chi connectivity index (χ4v) is 3.72. The summed E-state index contributed by atoms with van der Waals surface area (Å²) in [6, 6.07) is 21.2. The highest BCUT2D eigenvalue weighted by atomic mass is 35.5. The largest absolute Gasteiger partial charge is 0.422 e. The van der Waals surface area contributed by atoms with Crippen molar-refractivity contribution in [3.05, 3.63) is 99.1 Å². The molecule has 0 aliphatic heterocycles. The first-order valence-corrected chi connectivity index (χ1v) is 10.2. The van der Waals surface area contributed by atoms with E-state index >= 15 is 0 Å². The lowest BCUT2D eigenvalue weighted by Gasteiger charge is -2.11. The van der Waals surface area contributed by atoms with E-state index in [1.165, 1.54) is 0 Å². The molecule has 0 unspecified atom stereocenters. The van der Waals surface area contributed by atoms with Crippen LogP contribution in [-0.4, -0.2) is 15.7 Å². The molecule has 0 fully saturated rings. The van der Waals surface area contributed by atoms with Gasteiger partial charge < -0.3 is 4.74 Å². The highest BCUT2D eigenvalue weighted by Crippen LogP contribution is 2.33. The van der Waals surface area contributed by atoms with Gasteiger partial charge in [-0.1, -0.05) is 65.1 Å². The maximum Gasteiger partial charge on any atom is 0.364 e. The molecule has 0 atom stereocenters. The third-order valence-electron chi connectivity index (χ3n) is 4.52. The summed E-state index contributed by atoms with van der Waals surface area (Å²) in [6.45, 7) is 1.82. The Labute approximate surface area is 188 Å². The van der Waals surface area contributed by atoms with Crippen molar-refractivity contribution < 1.29 is 9.53 Å². The minimum absolute atomic E-state index is 0.190. The molecular formula is C23H15Cl3N2O2. The van der Waals surface area contributed by atoms with Gasteiger partial charge in [-0.25, -0.2) is 9.48 Å². The topological polar surface area (TPSA) is 44.1 Å². The van der Waals surface area contributed by atoms with Crippen LogP contribution in [-0.2, 0) is 0 Å². The molecule has 1 aromatic heterocycles. The van der Waals surface area contributed by atoms with Crippen molar-refractivity contribution in [1.82, 2.24) is 9.78 Å². The molecule has 0 aliphatic carbocycles. The third kappa shape index (κ3) is 4.08. The highest BCUT2D eigenvalue weighted by molar-refractivity contribution is 6.35. The number of carbonyl (C=O) groups is 1. The van der Waals surface area contributed by atoms with Crippen LogP contribution in [0.15, 0.2) is 72.8 Å². The van der Waals surface area contributed by atoms with E-state index in [9.17, 15) is 4.79 Å². The van der Waals surface area contributed by atoms with E-state index in [4.69, 9.17) is 39.5 Å². The molecule has 0 saturated heterocycles. The summed E-state index contributed by atoms with van der Waals surface area (Å²) in [5.41, 5.74) is 2.97. The van der Waals surface area contributed by atoms with Gasteiger partial charge in [0.15, 0.2) is 5.69 Å². The number of benzene rings is 3. The number of ether oxygens (including phenoxy) is 1. The second kappa shape index (κ2) is 8.52. The lowest BCUT2D eigenvalue weighted by Crippen LogP contribution is -2.11. The fraction of sp³-hybridized carbons (Fsp3) is 0.0435. The zero-order valence-electron chi connectivity index (χ0n) is 15.8. The molecule has 0 saturated carbocycles. The van der Waals surface area contributed by atoms with Crippen LogP contribution in [0.25, 0.3) is 16.9 Å². The third-order valence-corrected chi connectivity index (χ3v) is 5.31. The molecule has 30 heavy (non-hydrogen) atoms. The monoisotopic (exact) mass is 456 g/mol. The summed E-state index contributed by atoms with van der Waals surface area (Å²) in [5.74, 6) is -0.119. The average Bonchev–Trinajstić information content (AvgIpc) is 3.06. The van der Waals surface area contributed by atoms with Gasteiger partial charge in [0.25, 0.3) is 0 Å². The van der Waals surface area contributed by atoms with Gasteiger partial charge in [-0.2, -0.15) is 5.10 Å². The van der Waals surface area contributed by atoms with Crippen molar-refractivity contribution in [2.75, 3.05) is 0 Å². The first kappa shape index (κ1) is 20.5. The number of hydrogen-bond acceptors (Lipinski definition) is 3. The predicted molar refractivity (Wildman–Crippen MR) is 120 cm³/mol. The Morgan fingerprint density at radius 1 is 0.900 bits per heavy atom. The van der Waals surface area contributed by atoms with Crippen molar-refractivity contribution in [3.63, 3.8) is 0 Å². The van der Waals surface area contributed by atoms with Crippen molar-refractivity contribution in [2.24, 2.45) is 0 Å². The first-order valence-electron chi connectivity index (χ1n) is 9.02. The van der Waals surface area contributed by atoms with Gasteiger partial charge in [0.05, 0.1) is 16.4 Å². The van der Waals surface area contributed by atoms with Crippen molar-refractivity contribution >= 4 is 40.8 Å². The molecule has 4 rings (SSSR count). The molecule has 0 amide bonds. The zero-order valence-corrected chi connectivity index (χ0v) is 18.0. The minimum Gasteiger partial charge on any atom is -0.422 e. The first-order chi connectivity index (χ1) is 14.4. The molecule has 3 aromatic carbocycles. The van der Waals surface area contributed by atoms with Gasteiger partial charge >= 0.3 is 5.97 Å². The maximum absolute atomic E-state index is 12.9. The number of nitrogens with zero attached hydrogens (tertiary/aromatic N) is 2. The van der Waals surface area contributed by atoms with Crippen LogP contribution >= 0.6 is 34.8 Å². The van der Waals surface area contributed by atoms with E-state index in [0.29, 0.717) is 37.8 Å². The van der Waals surface area contributed by atoms with Crippen molar-refractivity contribution in [2.45, 2.75) is 6.92 Å². The summed E-state index contributed by atoms with van der Waals surface area (Å²) < 4.78 is 7.12. The normalized spacial score (nSPS) is 10.8. The average molecular weight is 458 g/mol. The molecule has 0 N–H and O–H groups in total. The molecule has 150 valence electrons. The highest BCUT2D eigenvalue weighted by Gasteiger charge is 2.24. The van der Waals surface area contributed by atoms with Crippen molar-refractivity contribution in [3.8, 4) is 22.7 Å². The van der Waals surface area contributed by atoms with Crippen LogP contribution in [0.1, 0.15) is 16.1 Å². The van der Waals surface area contributed by atoms with Crippen LogP contribution in [0.2, 0.25) is 15.1 Å². The minimum atomic E-state index is -0.558. The van der Waals surface area contributed by atoms with Gasteiger partial charge in [0.2, 0.25) is 0 Å². The molecule has 4 aromatic rings. The summed E-state index contributed by atoms with van der Waals surface area (Å²) in [7, 11) is 0. The Bertz CT molecular complexity index is 1220. The fourth-order valence-electron chi connectivity index (χ4n) is 3.11. The number of para-hydroxylation sites is 1. The Balaban J connectivity index is 1.86. The van der Waals surface area contributed by atoms with Gasteiger partial charge in [0, 0.05) is 21.2 Å². The summed E-state index contributed by atoms with van der Waals surface area (Å²) in [6.07, 6.45) is 0. The number of carbonyl (C=O) groups excluding carboxylic acids is 1. The van der Waals surface area contributed by atoms with E-state index in [1.807, 2.05) is 25.1 Å². The van der Waals surface area contributed by atoms with Gasteiger partial charge in [-0.05, 0) is 49.4 Å². The van der Waals surface area contributed by atoms with Gasteiger partial charge in [-0.3, -0.25) is 0 Å². The van der Waals surface area contributed by atoms with Gasteiger partial charge in [-0.15, -0.1) is 0 Å². The molecule has 7 heteroatoms. The molecule has 0 aliphatic rings. The molecule has 0 spiro atoms.